The molecule has 1 aromatic heterocycles. The van der Waals surface area contributed by atoms with Crippen LogP contribution in [0.4, 0.5) is 4.39 Å². The van der Waals surface area contributed by atoms with E-state index in [1.165, 1.54) is 59.8 Å². The van der Waals surface area contributed by atoms with Gasteiger partial charge in [0.25, 0.3) is 0 Å². The van der Waals surface area contributed by atoms with Crippen LogP contribution < -0.4 is 4.74 Å². The Morgan fingerprint density at radius 3 is 2.75 bits per heavy atom. The van der Waals surface area contributed by atoms with E-state index in [9.17, 15) is 12.8 Å². The van der Waals surface area contributed by atoms with Crippen LogP contribution in [0.1, 0.15) is 29.7 Å². The molecule has 2 aliphatic rings. The second-order valence-electron chi connectivity index (χ2n) is 7.31. The molecule has 0 amide bonds. The molecule has 28 heavy (non-hydrogen) atoms. The number of hydrogen-bond acceptors (Lipinski definition) is 5. The third kappa shape index (κ3) is 4.40. The maximum absolute atomic E-state index is 13.5. The molecular formula is C20H25FN2O3S2. The first-order chi connectivity index (χ1) is 13.5. The summed E-state index contributed by atoms with van der Waals surface area (Å²) >= 11 is 1.52. The summed E-state index contributed by atoms with van der Waals surface area (Å²) in [7, 11) is -3.69. The van der Waals surface area contributed by atoms with E-state index in [2.05, 4.69) is 4.90 Å². The van der Waals surface area contributed by atoms with Crippen LogP contribution in [0, 0.1) is 5.82 Å². The molecule has 0 bridgehead atoms. The Morgan fingerprint density at radius 2 is 1.96 bits per heavy atom. The maximum atomic E-state index is 13.5. The van der Waals surface area contributed by atoms with Crippen molar-refractivity contribution < 1.29 is 17.5 Å². The number of hydrogen-bond donors (Lipinski definition) is 0. The Hall–Kier alpha value is -1.48. The number of fused-ring (bicyclic) bond motifs is 1. The number of thiophene rings is 1. The maximum Gasteiger partial charge on any atom is 0.243 e. The lowest BCUT2D eigenvalue weighted by molar-refractivity contribution is 0.268. The van der Waals surface area contributed by atoms with Gasteiger partial charge in [0.05, 0.1) is 11.5 Å². The molecule has 5 nitrogen and oxygen atoms in total. The average molecular weight is 425 g/mol. The number of sulfonamides is 1. The fraction of sp³-hybridized carbons (Fsp3) is 0.500. The van der Waals surface area contributed by atoms with Gasteiger partial charge in [0.1, 0.15) is 5.82 Å². The van der Waals surface area contributed by atoms with Crippen molar-refractivity contribution in [2.45, 2.75) is 37.1 Å². The molecule has 152 valence electrons. The number of nitrogens with zero attached hydrogens (tertiary/aromatic N) is 2. The summed E-state index contributed by atoms with van der Waals surface area (Å²) in [6.07, 6.45) is 4.25. The average Bonchev–Trinajstić information content (AvgIpc) is 3.34. The summed E-state index contributed by atoms with van der Waals surface area (Å²) in [5, 5.41) is 0.858. The Morgan fingerprint density at radius 1 is 1.14 bits per heavy atom. The minimum atomic E-state index is -3.69. The van der Waals surface area contributed by atoms with Crippen molar-refractivity contribution in [3.63, 3.8) is 0 Å². The SMILES string of the molecule is O=S(=O)(c1cccc(F)c1)N1CCc2cc(OCCCN3CCCC3)sc2C1. The molecule has 0 saturated carbocycles. The van der Waals surface area contributed by atoms with E-state index in [-0.39, 0.29) is 4.90 Å². The molecule has 1 aromatic carbocycles. The number of benzene rings is 1. The van der Waals surface area contributed by atoms with Gasteiger partial charge in [-0.1, -0.05) is 6.07 Å². The van der Waals surface area contributed by atoms with E-state index in [1.807, 2.05) is 6.07 Å². The fourth-order valence-corrected chi connectivity index (χ4v) is 6.41. The van der Waals surface area contributed by atoms with Gasteiger partial charge in [-0.15, -0.1) is 11.3 Å². The van der Waals surface area contributed by atoms with Crippen LogP contribution in [-0.4, -0.2) is 50.4 Å². The summed E-state index contributed by atoms with van der Waals surface area (Å²) in [5.74, 6) is -0.542. The summed E-state index contributed by atoms with van der Waals surface area (Å²) in [6.45, 7) is 4.87. The van der Waals surface area contributed by atoms with E-state index in [0.717, 1.165) is 34.5 Å². The zero-order valence-corrected chi connectivity index (χ0v) is 17.4. The number of halogens is 1. The van der Waals surface area contributed by atoms with Crippen molar-refractivity contribution in [1.82, 2.24) is 9.21 Å². The molecule has 0 atom stereocenters. The third-order valence-corrected chi connectivity index (χ3v) is 8.24. The van der Waals surface area contributed by atoms with Gasteiger partial charge in [0.2, 0.25) is 10.0 Å². The first kappa shape index (κ1) is 19.8. The lowest BCUT2D eigenvalue weighted by Gasteiger charge is -2.26. The monoisotopic (exact) mass is 424 g/mol. The molecule has 0 aliphatic carbocycles. The Bertz CT molecular complexity index is 923. The van der Waals surface area contributed by atoms with Crippen molar-refractivity contribution >= 4 is 21.4 Å². The smallest absolute Gasteiger partial charge is 0.243 e. The molecule has 2 aliphatic heterocycles. The van der Waals surface area contributed by atoms with Gasteiger partial charge in [-0.25, -0.2) is 12.8 Å². The van der Waals surface area contributed by atoms with Crippen LogP contribution in [0.3, 0.4) is 0 Å². The Kier molecular flexibility index (Phi) is 6.01. The Labute approximate surface area is 169 Å². The van der Waals surface area contributed by atoms with E-state index >= 15 is 0 Å². The summed E-state index contributed by atoms with van der Waals surface area (Å²) in [5.41, 5.74) is 1.16. The first-order valence-electron chi connectivity index (χ1n) is 9.75. The molecular weight excluding hydrogens is 399 g/mol. The predicted molar refractivity (Wildman–Crippen MR) is 108 cm³/mol. The van der Waals surface area contributed by atoms with Crippen molar-refractivity contribution in [2.24, 2.45) is 0 Å². The van der Waals surface area contributed by atoms with Crippen molar-refractivity contribution in [2.75, 3.05) is 32.8 Å². The second kappa shape index (κ2) is 8.49. The van der Waals surface area contributed by atoms with E-state index in [4.69, 9.17) is 4.74 Å². The molecule has 3 heterocycles. The van der Waals surface area contributed by atoms with Crippen LogP contribution in [0.15, 0.2) is 35.2 Å². The van der Waals surface area contributed by atoms with Crippen LogP contribution in [0.2, 0.25) is 0 Å². The molecule has 0 unspecified atom stereocenters. The lowest BCUT2D eigenvalue weighted by atomic mass is 10.1. The Balaban J connectivity index is 1.36. The molecule has 8 heteroatoms. The highest BCUT2D eigenvalue weighted by Gasteiger charge is 2.30. The van der Waals surface area contributed by atoms with Gasteiger partial charge >= 0.3 is 0 Å². The van der Waals surface area contributed by atoms with Gasteiger partial charge in [0.15, 0.2) is 5.06 Å². The highest BCUT2D eigenvalue weighted by Crippen LogP contribution is 2.35. The lowest BCUT2D eigenvalue weighted by Crippen LogP contribution is -2.35. The topological polar surface area (TPSA) is 49.9 Å². The standard InChI is InChI=1S/C20H25FN2O3S2/c21-17-5-3-6-18(14-17)28(24,25)23-11-7-16-13-20(27-19(16)15-23)26-12-4-10-22-8-1-2-9-22/h3,5-6,13-14H,1-2,4,7-12,15H2. The first-order valence-corrected chi connectivity index (χ1v) is 12.0. The van der Waals surface area contributed by atoms with Gasteiger partial charge in [-0.05, 0) is 68.6 Å². The normalized spacial score (nSPS) is 18.3. The van der Waals surface area contributed by atoms with Gasteiger partial charge < -0.3 is 9.64 Å². The molecule has 0 spiro atoms. The van der Waals surface area contributed by atoms with Gasteiger partial charge in [0, 0.05) is 24.5 Å². The number of likely N-dealkylation sites (tertiary alicyclic amines) is 1. The van der Waals surface area contributed by atoms with E-state index < -0.39 is 15.8 Å². The van der Waals surface area contributed by atoms with Crippen molar-refractivity contribution in [3.8, 4) is 5.06 Å². The van der Waals surface area contributed by atoms with E-state index in [0.29, 0.717) is 26.1 Å². The third-order valence-electron chi connectivity index (χ3n) is 5.32. The molecule has 0 radical (unpaired) electrons. The summed E-state index contributed by atoms with van der Waals surface area (Å²) in [6, 6.07) is 7.24. The largest absolute Gasteiger partial charge is 0.484 e. The number of ether oxygens (including phenoxy) is 1. The highest BCUT2D eigenvalue weighted by molar-refractivity contribution is 7.89. The quantitative estimate of drug-likeness (QED) is 0.639. The highest BCUT2D eigenvalue weighted by atomic mass is 32.2. The zero-order chi connectivity index (χ0) is 19.6. The molecule has 2 aromatic rings. The fourth-order valence-electron chi connectivity index (χ4n) is 3.79. The van der Waals surface area contributed by atoms with Crippen LogP contribution in [0.25, 0.3) is 0 Å². The van der Waals surface area contributed by atoms with Crippen LogP contribution in [-0.2, 0) is 23.0 Å². The van der Waals surface area contributed by atoms with Gasteiger partial charge in [-0.2, -0.15) is 4.31 Å². The second-order valence-corrected chi connectivity index (χ2v) is 10.3. The van der Waals surface area contributed by atoms with Crippen molar-refractivity contribution in [1.29, 1.82) is 0 Å². The van der Waals surface area contributed by atoms with Crippen LogP contribution in [0.5, 0.6) is 5.06 Å². The molecule has 0 N–H and O–H groups in total. The van der Waals surface area contributed by atoms with E-state index in [1.54, 1.807) is 0 Å². The number of rotatable bonds is 7. The predicted octanol–water partition coefficient (Wildman–Crippen LogP) is 3.50. The zero-order valence-electron chi connectivity index (χ0n) is 15.8. The summed E-state index contributed by atoms with van der Waals surface area (Å²) in [4.78, 5) is 3.49. The van der Waals surface area contributed by atoms with Crippen molar-refractivity contribution in [3.05, 3.63) is 46.6 Å². The molecule has 1 saturated heterocycles. The minimum absolute atomic E-state index is 0.00546. The molecule has 4 rings (SSSR count). The summed E-state index contributed by atoms with van der Waals surface area (Å²) < 4.78 is 46.4. The molecule has 1 fully saturated rings. The minimum Gasteiger partial charge on any atom is -0.484 e. The van der Waals surface area contributed by atoms with Gasteiger partial charge in [-0.3, -0.25) is 0 Å². The van der Waals surface area contributed by atoms with Crippen LogP contribution >= 0.6 is 11.3 Å².